The molecule has 1 aromatic carbocycles. The van der Waals surface area contributed by atoms with Gasteiger partial charge in [0.1, 0.15) is 0 Å². The number of amides is 1. The lowest BCUT2D eigenvalue weighted by atomic mass is 10.0. The summed E-state index contributed by atoms with van der Waals surface area (Å²) in [6.07, 6.45) is 0.785. The third kappa shape index (κ3) is 3.38. The minimum Gasteiger partial charge on any atom is -0.490 e. The molecule has 1 aliphatic rings. The van der Waals surface area contributed by atoms with Gasteiger partial charge in [-0.2, -0.15) is 0 Å². The van der Waals surface area contributed by atoms with Gasteiger partial charge in [-0.15, -0.1) is 0 Å². The third-order valence-corrected chi connectivity index (χ3v) is 4.87. The summed E-state index contributed by atoms with van der Waals surface area (Å²) in [6, 6.07) is 5.11. The molecule has 28 heavy (non-hydrogen) atoms. The van der Waals surface area contributed by atoms with E-state index in [1.165, 1.54) is 0 Å². The van der Waals surface area contributed by atoms with Crippen molar-refractivity contribution >= 4 is 34.3 Å². The first-order valence-electron chi connectivity index (χ1n) is 9.11. The number of aryl methyl sites for hydroxylation is 1. The zero-order valence-electron chi connectivity index (χ0n) is 15.8. The van der Waals surface area contributed by atoms with Gasteiger partial charge in [-0.25, -0.2) is 4.98 Å². The van der Waals surface area contributed by atoms with Crippen LogP contribution in [0.3, 0.4) is 0 Å². The van der Waals surface area contributed by atoms with Crippen molar-refractivity contribution in [2.24, 2.45) is 0 Å². The molecule has 0 bridgehead atoms. The van der Waals surface area contributed by atoms with Gasteiger partial charge in [-0.3, -0.25) is 4.79 Å². The molecule has 8 heteroatoms. The highest BCUT2D eigenvalue weighted by atomic mass is 35.5. The molecule has 1 aliphatic heterocycles. The first kappa shape index (κ1) is 18.6. The number of hydrogen-bond acceptors (Lipinski definition) is 6. The van der Waals surface area contributed by atoms with E-state index < -0.39 is 0 Å². The van der Waals surface area contributed by atoms with Crippen LogP contribution < -0.4 is 14.8 Å². The van der Waals surface area contributed by atoms with E-state index in [4.69, 9.17) is 25.6 Å². The monoisotopic (exact) mass is 401 g/mol. The number of anilines is 1. The van der Waals surface area contributed by atoms with Crippen molar-refractivity contribution in [1.29, 1.82) is 0 Å². The van der Waals surface area contributed by atoms with Crippen LogP contribution in [0.2, 0.25) is 5.02 Å². The summed E-state index contributed by atoms with van der Waals surface area (Å²) >= 11 is 6.36. The molecule has 0 saturated carbocycles. The summed E-state index contributed by atoms with van der Waals surface area (Å²) < 4.78 is 16.6. The van der Waals surface area contributed by atoms with Crippen LogP contribution in [0.25, 0.3) is 11.1 Å². The molecule has 1 amide bonds. The molecule has 7 nitrogen and oxygen atoms in total. The molecule has 0 aliphatic carbocycles. The highest BCUT2D eigenvalue weighted by molar-refractivity contribution is 6.34. The van der Waals surface area contributed by atoms with Gasteiger partial charge in [-0.1, -0.05) is 30.6 Å². The second-order valence-corrected chi connectivity index (χ2v) is 7.39. The fraction of sp³-hybridized carbons (Fsp3) is 0.350. The Labute approximate surface area is 167 Å². The minimum atomic E-state index is -0.322. The molecule has 0 radical (unpaired) electrons. The number of hydrogen-bond donors (Lipinski definition) is 1. The van der Waals surface area contributed by atoms with E-state index in [2.05, 4.69) is 15.5 Å². The van der Waals surface area contributed by atoms with E-state index >= 15 is 0 Å². The smallest absolute Gasteiger partial charge is 0.259 e. The van der Waals surface area contributed by atoms with Crippen LogP contribution in [-0.4, -0.2) is 29.3 Å². The van der Waals surface area contributed by atoms with E-state index in [1.807, 2.05) is 13.8 Å². The van der Waals surface area contributed by atoms with Crippen molar-refractivity contribution in [1.82, 2.24) is 10.1 Å². The van der Waals surface area contributed by atoms with Gasteiger partial charge in [0.2, 0.25) is 0 Å². The van der Waals surface area contributed by atoms with Gasteiger partial charge in [0.15, 0.2) is 11.5 Å². The average molecular weight is 402 g/mol. The Morgan fingerprint density at radius 3 is 2.61 bits per heavy atom. The molecule has 3 aromatic rings. The number of ether oxygens (including phenoxy) is 2. The van der Waals surface area contributed by atoms with Crippen LogP contribution in [0.15, 0.2) is 22.7 Å². The number of nitrogens with one attached hydrogen (secondary N) is 1. The largest absolute Gasteiger partial charge is 0.490 e. The van der Waals surface area contributed by atoms with Crippen molar-refractivity contribution in [3.63, 3.8) is 0 Å². The second kappa shape index (κ2) is 7.31. The zero-order valence-corrected chi connectivity index (χ0v) is 16.6. The molecule has 2 aromatic heterocycles. The summed E-state index contributed by atoms with van der Waals surface area (Å²) in [6.45, 7) is 6.89. The van der Waals surface area contributed by atoms with Crippen LogP contribution in [0.5, 0.6) is 11.5 Å². The van der Waals surface area contributed by atoms with Crippen molar-refractivity contribution < 1.29 is 18.8 Å². The minimum absolute atomic E-state index is 0.128. The molecule has 1 N–H and O–H groups in total. The van der Waals surface area contributed by atoms with E-state index in [-0.39, 0.29) is 11.8 Å². The average Bonchev–Trinajstić information content (AvgIpc) is 2.89. The molecule has 0 atom stereocenters. The third-order valence-electron chi connectivity index (χ3n) is 4.56. The quantitative estimate of drug-likeness (QED) is 0.683. The van der Waals surface area contributed by atoms with Gasteiger partial charge in [0, 0.05) is 24.2 Å². The maximum atomic E-state index is 13.1. The summed E-state index contributed by atoms with van der Waals surface area (Å²) in [5.41, 5.74) is 2.58. The number of carbonyl (C=O) groups excluding carboxylic acids is 1. The Hall–Kier alpha value is -2.80. The number of carbonyl (C=O) groups is 1. The maximum Gasteiger partial charge on any atom is 0.259 e. The first-order chi connectivity index (χ1) is 13.4. The van der Waals surface area contributed by atoms with Gasteiger partial charge < -0.3 is 19.3 Å². The van der Waals surface area contributed by atoms with Crippen molar-refractivity contribution in [2.45, 2.75) is 33.1 Å². The highest BCUT2D eigenvalue weighted by Crippen LogP contribution is 2.38. The fourth-order valence-electron chi connectivity index (χ4n) is 3.06. The lowest BCUT2D eigenvalue weighted by molar-refractivity contribution is 0.102. The Kier molecular flexibility index (Phi) is 4.85. The Morgan fingerprint density at radius 1 is 1.18 bits per heavy atom. The molecule has 0 fully saturated rings. The van der Waals surface area contributed by atoms with Crippen LogP contribution >= 0.6 is 11.6 Å². The topological polar surface area (TPSA) is 86.5 Å². The van der Waals surface area contributed by atoms with Crippen LogP contribution in [0.4, 0.5) is 5.69 Å². The normalized spacial score (nSPS) is 13.6. The summed E-state index contributed by atoms with van der Waals surface area (Å²) in [7, 11) is 0. The fourth-order valence-corrected chi connectivity index (χ4v) is 3.26. The number of benzene rings is 1. The number of aromatic nitrogens is 2. The van der Waals surface area contributed by atoms with E-state index in [0.717, 1.165) is 12.1 Å². The second-order valence-electron chi connectivity index (χ2n) is 6.98. The Bertz CT molecular complexity index is 1060. The van der Waals surface area contributed by atoms with Crippen LogP contribution in [0.1, 0.15) is 47.9 Å². The lowest BCUT2D eigenvalue weighted by Crippen LogP contribution is -2.14. The first-order valence-corrected chi connectivity index (χ1v) is 9.49. The number of fused-ring (bicyclic) bond motifs is 2. The summed E-state index contributed by atoms with van der Waals surface area (Å²) in [5.74, 6) is 0.935. The molecule has 3 heterocycles. The molecule has 0 spiro atoms. The number of pyridine rings is 1. The SMILES string of the molecule is Cc1noc2nc(C(C)C)cc(C(=O)Nc3cc4c(cc3Cl)OCCCO4)c12. The highest BCUT2D eigenvalue weighted by Gasteiger charge is 2.22. The summed E-state index contributed by atoms with van der Waals surface area (Å²) in [4.78, 5) is 17.6. The van der Waals surface area contributed by atoms with E-state index in [9.17, 15) is 4.79 Å². The molecule has 4 rings (SSSR count). The Morgan fingerprint density at radius 2 is 1.89 bits per heavy atom. The van der Waals surface area contributed by atoms with Crippen molar-refractivity contribution in [2.75, 3.05) is 18.5 Å². The number of rotatable bonds is 3. The van der Waals surface area contributed by atoms with Crippen molar-refractivity contribution in [3.05, 3.63) is 40.2 Å². The summed E-state index contributed by atoms with van der Waals surface area (Å²) in [5, 5.41) is 7.78. The number of halogens is 1. The lowest BCUT2D eigenvalue weighted by Gasteiger charge is -2.13. The standard InChI is InChI=1S/C20H20ClN3O4/c1-10(2)14-7-12(18-11(3)24-28-20(18)23-14)19(25)22-15-9-17-16(8-13(15)21)26-5-4-6-27-17/h7-10H,4-6H2,1-3H3,(H,22,25). The predicted octanol–water partition coefficient (Wildman–Crippen LogP) is 4.72. The maximum absolute atomic E-state index is 13.1. The van der Waals surface area contributed by atoms with Crippen LogP contribution in [0, 0.1) is 6.92 Å². The van der Waals surface area contributed by atoms with Gasteiger partial charge in [0.25, 0.3) is 11.6 Å². The molecule has 0 saturated heterocycles. The Balaban J connectivity index is 1.73. The number of nitrogens with zero attached hydrogens (tertiary/aromatic N) is 2. The molecule has 146 valence electrons. The zero-order chi connectivity index (χ0) is 19.8. The van der Waals surface area contributed by atoms with Crippen LogP contribution in [-0.2, 0) is 0 Å². The van der Waals surface area contributed by atoms with Gasteiger partial charge in [-0.05, 0) is 18.9 Å². The van der Waals surface area contributed by atoms with Crippen molar-refractivity contribution in [3.8, 4) is 11.5 Å². The molecular formula is C20H20ClN3O4. The molecule has 0 unspecified atom stereocenters. The predicted molar refractivity (Wildman–Crippen MR) is 106 cm³/mol. The van der Waals surface area contributed by atoms with Gasteiger partial charge in [0.05, 0.1) is 40.6 Å². The van der Waals surface area contributed by atoms with Gasteiger partial charge >= 0.3 is 0 Å². The molecular weight excluding hydrogens is 382 g/mol. The van der Waals surface area contributed by atoms with E-state index in [0.29, 0.717) is 57.8 Å². The van der Waals surface area contributed by atoms with E-state index in [1.54, 1.807) is 25.1 Å².